The number of nitro benzene ring substituents is 1. The van der Waals surface area contributed by atoms with Gasteiger partial charge in [0, 0.05) is 31.7 Å². The number of aryl methyl sites for hydroxylation is 1. The molecule has 1 aliphatic heterocycles. The van der Waals surface area contributed by atoms with Crippen molar-refractivity contribution in [1.82, 2.24) is 10.3 Å². The number of aromatic nitrogens is 1. The number of hydrogen-bond acceptors (Lipinski definition) is 6. The number of anilines is 1. The molecular weight excluding hydrogens is 276 g/mol. The lowest BCUT2D eigenvalue weighted by atomic mass is 10.1. The molecule has 1 N–H and O–H groups in total. The number of nitrogens with zero attached hydrogens (tertiary/aromatic N) is 3. The molecule has 6 nitrogen and oxygen atoms in total. The van der Waals surface area contributed by atoms with E-state index < -0.39 is 0 Å². The van der Waals surface area contributed by atoms with Crippen molar-refractivity contribution in [3.63, 3.8) is 0 Å². The van der Waals surface area contributed by atoms with Crippen LogP contribution in [0.15, 0.2) is 12.1 Å². The third-order valence-corrected chi connectivity index (χ3v) is 4.43. The van der Waals surface area contributed by atoms with Crippen molar-refractivity contribution in [2.45, 2.75) is 19.9 Å². The van der Waals surface area contributed by atoms with Crippen LogP contribution in [0, 0.1) is 17.0 Å². The second kappa shape index (κ2) is 4.99. The lowest BCUT2D eigenvalue weighted by Crippen LogP contribution is -2.49. The summed E-state index contributed by atoms with van der Waals surface area (Å²) in [5.41, 5.74) is 1.70. The minimum absolute atomic E-state index is 0.176. The highest BCUT2D eigenvalue weighted by Crippen LogP contribution is 2.35. The first kappa shape index (κ1) is 13.3. The van der Waals surface area contributed by atoms with E-state index >= 15 is 0 Å². The number of thiazole rings is 1. The number of nitro groups is 1. The molecule has 106 valence electrons. The average Bonchev–Trinajstić information content (AvgIpc) is 2.76. The molecule has 1 saturated heterocycles. The highest BCUT2D eigenvalue weighted by molar-refractivity contribution is 7.18. The summed E-state index contributed by atoms with van der Waals surface area (Å²) < 4.78 is 0.876. The van der Waals surface area contributed by atoms with Crippen LogP contribution in [-0.2, 0) is 0 Å². The average molecular weight is 292 g/mol. The number of rotatable bonds is 2. The largest absolute Gasteiger partial charge is 0.363 e. The Kier molecular flexibility index (Phi) is 3.31. The molecule has 0 amide bonds. The summed E-state index contributed by atoms with van der Waals surface area (Å²) in [4.78, 5) is 17.6. The lowest BCUT2D eigenvalue weighted by molar-refractivity contribution is -0.384. The molecule has 20 heavy (non-hydrogen) atoms. The Bertz CT molecular complexity index is 670. The van der Waals surface area contributed by atoms with Crippen LogP contribution in [-0.4, -0.2) is 35.6 Å². The first-order valence-corrected chi connectivity index (χ1v) is 7.40. The van der Waals surface area contributed by atoms with Gasteiger partial charge in [-0.05, 0) is 19.9 Å². The fraction of sp³-hybridized carbons (Fsp3) is 0.462. The maximum atomic E-state index is 11.3. The van der Waals surface area contributed by atoms with E-state index in [1.165, 1.54) is 11.3 Å². The fourth-order valence-electron chi connectivity index (χ4n) is 2.62. The summed E-state index contributed by atoms with van der Waals surface area (Å²) in [6.45, 7) is 6.40. The van der Waals surface area contributed by atoms with Crippen LogP contribution in [0.2, 0.25) is 0 Å². The van der Waals surface area contributed by atoms with Gasteiger partial charge in [-0.3, -0.25) is 10.1 Å². The van der Waals surface area contributed by atoms with Gasteiger partial charge in [0.15, 0.2) is 0 Å². The summed E-state index contributed by atoms with van der Waals surface area (Å²) in [5.74, 6) is 0. The third kappa shape index (κ3) is 2.34. The van der Waals surface area contributed by atoms with Gasteiger partial charge >= 0.3 is 0 Å². The Labute approximate surface area is 120 Å². The molecule has 1 aliphatic rings. The number of fused-ring (bicyclic) bond motifs is 1. The maximum Gasteiger partial charge on any atom is 0.294 e. The Morgan fingerprint density at radius 2 is 2.35 bits per heavy atom. The van der Waals surface area contributed by atoms with E-state index in [0.717, 1.165) is 34.9 Å². The zero-order valence-electron chi connectivity index (χ0n) is 11.4. The molecule has 2 heterocycles. The minimum Gasteiger partial charge on any atom is -0.363 e. The first-order chi connectivity index (χ1) is 9.54. The smallest absolute Gasteiger partial charge is 0.294 e. The number of hydrogen-bond donors (Lipinski definition) is 1. The van der Waals surface area contributed by atoms with Crippen molar-refractivity contribution in [3.05, 3.63) is 27.3 Å². The first-order valence-electron chi connectivity index (χ1n) is 6.58. The Morgan fingerprint density at radius 1 is 1.55 bits per heavy atom. The number of nitrogens with one attached hydrogen (secondary N) is 1. The van der Waals surface area contributed by atoms with Gasteiger partial charge in [0.1, 0.15) is 5.69 Å². The second-order valence-corrected chi connectivity index (χ2v) is 6.33. The van der Waals surface area contributed by atoms with Gasteiger partial charge < -0.3 is 10.2 Å². The summed E-state index contributed by atoms with van der Waals surface area (Å²) in [6.07, 6.45) is 0. The lowest BCUT2D eigenvalue weighted by Gasteiger charge is -2.33. The predicted molar refractivity (Wildman–Crippen MR) is 80.7 cm³/mol. The molecule has 7 heteroatoms. The van der Waals surface area contributed by atoms with E-state index in [4.69, 9.17) is 0 Å². The summed E-state index contributed by atoms with van der Waals surface area (Å²) in [6, 6.07) is 3.84. The molecule has 0 unspecified atom stereocenters. The molecule has 1 aromatic heterocycles. The van der Waals surface area contributed by atoms with Crippen molar-refractivity contribution in [1.29, 1.82) is 0 Å². The molecule has 0 spiro atoms. The van der Waals surface area contributed by atoms with Gasteiger partial charge in [-0.15, -0.1) is 11.3 Å². The minimum atomic E-state index is -0.295. The van der Waals surface area contributed by atoms with E-state index in [9.17, 15) is 10.1 Å². The van der Waals surface area contributed by atoms with E-state index in [2.05, 4.69) is 22.1 Å². The monoisotopic (exact) mass is 292 g/mol. The van der Waals surface area contributed by atoms with Gasteiger partial charge in [0.2, 0.25) is 0 Å². The zero-order chi connectivity index (χ0) is 14.3. The van der Waals surface area contributed by atoms with Crippen LogP contribution in [0.3, 0.4) is 0 Å². The normalized spacial score (nSPS) is 19.5. The Morgan fingerprint density at radius 3 is 3.05 bits per heavy atom. The predicted octanol–water partition coefficient (Wildman–Crippen LogP) is 2.31. The molecule has 1 atom stereocenters. The summed E-state index contributed by atoms with van der Waals surface area (Å²) in [7, 11) is 0. The van der Waals surface area contributed by atoms with Gasteiger partial charge in [-0.25, -0.2) is 4.98 Å². The van der Waals surface area contributed by atoms with Crippen LogP contribution in [0.1, 0.15) is 11.9 Å². The Balaban J connectivity index is 2.11. The second-order valence-electron chi connectivity index (χ2n) is 5.10. The Hall–Kier alpha value is -1.73. The molecule has 1 fully saturated rings. The topological polar surface area (TPSA) is 71.3 Å². The standard InChI is InChI=1S/C13H16N4O2S/c1-8-7-16(4-3-14-8)11-5-10-13(20-9(2)15-10)6-12(11)17(18)19/h5-6,8,14H,3-4,7H2,1-2H3/t8-/m0/s1. The number of benzene rings is 1. The summed E-state index contributed by atoms with van der Waals surface area (Å²) >= 11 is 1.49. The van der Waals surface area contributed by atoms with Crippen LogP contribution >= 0.6 is 11.3 Å². The van der Waals surface area contributed by atoms with Gasteiger partial charge in [0.05, 0.1) is 20.1 Å². The molecule has 0 aliphatic carbocycles. The molecule has 1 aromatic carbocycles. The van der Waals surface area contributed by atoms with E-state index in [0.29, 0.717) is 11.7 Å². The van der Waals surface area contributed by atoms with Crippen LogP contribution in [0.25, 0.3) is 10.2 Å². The molecular formula is C13H16N4O2S. The van der Waals surface area contributed by atoms with E-state index in [-0.39, 0.29) is 10.6 Å². The maximum absolute atomic E-state index is 11.3. The van der Waals surface area contributed by atoms with Crippen molar-refractivity contribution < 1.29 is 4.92 Å². The quantitative estimate of drug-likeness (QED) is 0.679. The highest BCUT2D eigenvalue weighted by Gasteiger charge is 2.25. The van der Waals surface area contributed by atoms with Crippen LogP contribution in [0.4, 0.5) is 11.4 Å². The van der Waals surface area contributed by atoms with Crippen LogP contribution in [0.5, 0.6) is 0 Å². The van der Waals surface area contributed by atoms with Crippen molar-refractivity contribution in [2.75, 3.05) is 24.5 Å². The third-order valence-electron chi connectivity index (χ3n) is 3.50. The van der Waals surface area contributed by atoms with Gasteiger partial charge in [-0.2, -0.15) is 0 Å². The van der Waals surface area contributed by atoms with Crippen molar-refractivity contribution in [3.8, 4) is 0 Å². The molecule has 0 bridgehead atoms. The zero-order valence-corrected chi connectivity index (χ0v) is 12.2. The molecule has 0 saturated carbocycles. The van der Waals surface area contributed by atoms with Crippen LogP contribution < -0.4 is 10.2 Å². The van der Waals surface area contributed by atoms with E-state index in [1.807, 2.05) is 13.0 Å². The van der Waals surface area contributed by atoms with Crippen molar-refractivity contribution >= 4 is 32.9 Å². The van der Waals surface area contributed by atoms with Gasteiger partial charge in [-0.1, -0.05) is 0 Å². The summed E-state index contributed by atoms with van der Waals surface area (Å²) in [5, 5.41) is 15.6. The SMILES string of the molecule is Cc1nc2cc(N3CCN[C@@H](C)C3)c([N+](=O)[O-])cc2s1. The fourth-order valence-corrected chi connectivity index (χ4v) is 3.46. The van der Waals surface area contributed by atoms with Crippen molar-refractivity contribution in [2.24, 2.45) is 0 Å². The highest BCUT2D eigenvalue weighted by atomic mass is 32.1. The molecule has 0 radical (unpaired) electrons. The van der Waals surface area contributed by atoms with E-state index in [1.54, 1.807) is 6.07 Å². The molecule has 3 rings (SSSR count). The molecule has 2 aromatic rings. The van der Waals surface area contributed by atoms with Gasteiger partial charge in [0.25, 0.3) is 5.69 Å². The number of piperazine rings is 1.